The van der Waals surface area contributed by atoms with E-state index in [2.05, 4.69) is 23.8 Å². The molecule has 0 aliphatic carbocycles. The molecule has 1 aromatic rings. The number of aromatic amines is 1. The summed E-state index contributed by atoms with van der Waals surface area (Å²) in [5, 5.41) is 0.200. The maximum Gasteiger partial charge on any atom is 0.107 e. The van der Waals surface area contributed by atoms with Gasteiger partial charge in [0.05, 0.1) is 0 Å². The molecule has 0 aliphatic rings. The standard InChI is InChI=1S/C10H17ClN2/c1-3-4-8(2)9(11)7-10-12-5-6-13-10/h5-6,8-9H,3-4,7H2,1-2H3,(H,12,13). The van der Waals surface area contributed by atoms with Crippen LogP contribution in [-0.4, -0.2) is 15.3 Å². The van der Waals surface area contributed by atoms with E-state index in [4.69, 9.17) is 11.6 Å². The van der Waals surface area contributed by atoms with E-state index in [0.29, 0.717) is 5.92 Å². The Kier molecular flexibility index (Phi) is 4.29. The van der Waals surface area contributed by atoms with Gasteiger partial charge in [-0.05, 0) is 12.3 Å². The lowest BCUT2D eigenvalue weighted by Crippen LogP contribution is -2.15. The largest absolute Gasteiger partial charge is 0.349 e. The Morgan fingerprint density at radius 1 is 1.62 bits per heavy atom. The van der Waals surface area contributed by atoms with Crippen LogP contribution in [0.25, 0.3) is 0 Å². The van der Waals surface area contributed by atoms with Crippen molar-refractivity contribution in [3.05, 3.63) is 18.2 Å². The molecule has 0 amide bonds. The van der Waals surface area contributed by atoms with Crippen LogP contribution in [0.15, 0.2) is 12.4 Å². The van der Waals surface area contributed by atoms with Crippen LogP contribution in [0.3, 0.4) is 0 Å². The number of H-pyrrole nitrogens is 1. The molecule has 74 valence electrons. The first-order valence-electron chi connectivity index (χ1n) is 4.86. The van der Waals surface area contributed by atoms with Crippen LogP contribution < -0.4 is 0 Å². The third-order valence-electron chi connectivity index (χ3n) is 2.30. The Bertz CT molecular complexity index is 221. The monoisotopic (exact) mass is 200 g/mol. The summed E-state index contributed by atoms with van der Waals surface area (Å²) in [4.78, 5) is 7.23. The Labute approximate surface area is 84.7 Å². The Hall–Kier alpha value is -0.500. The predicted octanol–water partition coefficient (Wildman–Crippen LogP) is 3.00. The summed E-state index contributed by atoms with van der Waals surface area (Å²) in [5.74, 6) is 1.56. The zero-order valence-corrected chi connectivity index (χ0v) is 9.01. The Morgan fingerprint density at radius 3 is 2.92 bits per heavy atom. The molecule has 3 heteroatoms. The van der Waals surface area contributed by atoms with E-state index in [1.54, 1.807) is 6.20 Å². The van der Waals surface area contributed by atoms with E-state index < -0.39 is 0 Å². The number of aromatic nitrogens is 2. The zero-order valence-electron chi connectivity index (χ0n) is 8.26. The van der Waals surface area contributed by atoms with Gasteiger partial charge in [0.25, 0.3) is 0 Å². The molecule has 2 unspecified atom stereocenters. The van der Waals surface area contributed by atoms with E-state index in [1.165, 1.54) is 12.8 Å². The van der Waals surface area contributed by atoms with Crippen LogP contribution in [-0.2, 0) is 6.42 Å². The average Bonchev–Trinajstić information content (AvgIpc) is 2.57. The van der Waals surface area contributed by atoms with Crippen LogP contribution in [0, 0.1) is 5.92 Å². The second kappa shape index (κ2) is 5.28. The van der Waals surface area contributed by atoms with Crippen molar-refractivity contribution in [2.45, 2.75) is 38.5 Å². The summed E-state index contributed by atoms with van der Waals surface area (Å²) in [6, 6.07) is 0. The molecule has 1 aromatic heterocycles. The van der Waals surface area contributed by atoms with Gasteiger partial charge in [0, 0.05) is 24.2 Å². The maximum absolute atomic E-state index is 6.24. The second-order valence-corrected chi connectivity index (χ2v) is 4.08. The summed E-state index contributed by atoms with van der Waals surface area (Å²) >= 11 is 6.24. The first kappa shape index (κ1) is 10.6. The van der Waals surface area contributed by atoms with Gasteiger partial charge in [0.1, 0.15) is 5.82 Å². The van der Waals surface area contributed by atoms with Gasteiger partial charge in [-0.15, -0.1) is 11.6 Å². The highest BCUT2D eigenvalue weighted by Crippen LogP contribution is 2.18. The predicted molar refractivity (Wildman–Crippen MR) is 56.0 cm³/mol. The van der Waals surface area contributed by atoms with Crippen molar-refractivity contribution in [3.63, 3.8) is 0 Å². The van der Waals surface area contributed by atoms with Gasteiger partial charge < -0.3 is 4.98 Å². The number of rotatable bonds is 5. The third kappa shape index (κ3) is 3.39. The van der Waals surface area contributed by atoms with E-state index in [1.807, 2.05) is 6.20 Å². The molecule has 0 saturated carbocycles. The number of hydrogen-bond acceptors (Lipinski definition) is 1. The molecule has 0 spiro atoms. The molecular formula is C10H17ClN2. The highest BCUT2D eigenvalue weighted by Gasteiger charge is 2.14. The number of imidazole rings is 1. The minimum absolute atomic E-state index is 0.200. The number of alkyl halides is 1. The van der Waals surface area contributed by atoms with Gasteiger partial charge in [-0.25, -0.2) is 4.98 Å². The van der Waals surface area contributed by atoms with Crippen molar-refractivity contribution >= 4 is 11.6 Å². The summed E-state index contributed by atoms with van der Waals surface area (Å²) < 4.78 is 0. The number of nitrogens with zero attached hydrogens (tertiary/aromatic N) is 1. The minimum atomic E-state index is 0.200. The highest BCUT2D eigenvalue weighted by molar-refractivity contribution is 6.20. The molecule has 2 nitrogen and oxygen atoms in total. The van der Waals surface area contributed by atoms with Gasteiger partial charge in [-0.3, -0.25) is 0 Å². The van der Waals surface area contributed by atoms with Gasteiger partial charge in [-0.2, -0.15) is 0 Å². The number of nitrogens with one attached hydrogen (secondary N) is 1. The van der Waals surface area contributed by atoms with Crippen LogP contribution in [0.4, 0.5) is 0 Å². The van der Waals surface area contributed by atoms with Crippen molar-refractivity contribution in [2.75, 3.05) is 0 Å². The number of hydrogen-bond donors (Lipinski definition) is 1. The molecule has 0 fully saturated rings. The molecule has 0 bridgehead atoms. The lowest BCUT2D eigenvalue weighted by Gasteiger charge is -2.15. The van der Waals surface area contributed by atoms with Crippen molar-refractivity contribution in [1.29, 1.82) is 0 Å². The summed E-state index contributed by atoms with van der Waals surface area (Å²) in [7, 11) is 0. The fourth-order valence-corrected chi connectivity index (χ4v) is 1.70. The van der Waals surface area contributed by atoms with Crippen LogP contribution in [0.2, 0.25) is 0 Å². The molecule has 0 radical (unpaired) electrons. The molecule has 0 aromatic carbocycles. The molecule has 1 rings (SSSR count). The van der Waals surface area contributed by atoms with Crippen molar-refractivity contribution in [1.82, 2.24) is 9.97 Å². The quantitative estimate of drug-likeness (QED) is 0.728. The first-order chi connectivity index (χ1) is 6.24. The van der Waals surface area contributed by atoms with Crippen molar-refractivity contribution < 1.29 is 0 Å². The van der Waals surface area contributed by atoms with E-state index >= 15 is 0 Å². The topological polar surface area (TPSA) is 28.7 Å². The second-order valence-electron chi connectivity index (χ2n) is 3.52. The fraction of sp³-hybridized carbons (Fsp3) is 0.700. The highest BCUT2D eigenvalue weighted by atomic mass is 35.5. The summed E-state index contributed by atoms with van der Waals surface area (Å²) in [6.45, 7) is 4.39. The first-order valence-corrected chi connectivity index (χ1v) is 5.30. The van der Waals surface area contributed by atoms with Crippen LogP contribution in [0.5, 0.6) is 0 Å². The van der Waals surface area contributed by atoms with Gasteiger partial charge >= 0.3 is 0 Å². The lowest BCUT2D eigenvalue weighted by molar-refractivity contribution is 0.489. The van der Waals surface area contributed by atoms with Gasteiger partial charge in [0.2, 0.25) is 0 Å². The molecule has 13 heavy (non-hydrogen) atoms. The fourth-order valence-electron chi connectivity index (χ4n) is 1.43. The molecule has 2 atom stereocenters. The lowest BCUT2D eigenvalue weighted by atomic mass is 9.99. The Morgan fingerprint density at radius 2 is 2.38 bits per heavy atom. The number of halogens is 1. The van der Waals surface area contributed by atoms with Crippen molar-refractivity contribution in [2.24, 2.45) is 5.92 Å². The van der Waals surface area contributed by atoms with Crippen LogP contribution >= 0.6 is 11.6 Å². The van der Waals surface area contributed by atoms with E-state index in [9.17, 15) is 0 Å². The zero-order chi connectivity index (χ0) is 9.68. The minimum Gasteiger partial charge on any atom is -0.349 e. The summed E-state index contributed by atoms with van der Waals surface area (Å²) in [6.07, 6.45) is 6.83. The molecule has 1 N–H and O–H groups in total. The SMILES string of the molecule is CCCC(C)C(Cl)Cc1ncc[nH]1. The molecular weight excluding hydrogens is 184 g/mol. The summed E-state index contributed by atoms with van der Waals surface area (Å²) in [5.41, 5.74) is 0. The van der Waals surface area contributed by atoms with E-state index in [0.717, 1.165) is 12.2 Å². The Balaban J connectivity index is 2.36. The third-order valence-corrected chi connectivity index (χ3v) is 2.89. The van der Waals surface area contributed by atoms with Gasteiger partial charge in [-0.1, -0.05) is 20.3 Å². The smallest absolute Gasteiger partial charge is 0.107 e. The molecule has 1 heterocycles. The normalized spacial score (nSPS) is 15.6. The van der Waals surface area contributed by atoms with Crippen LogP contribution in [0.1, 0.15) is 32.5 Å². The van der Waals surface area contributed by atoms with E-state index in [-0.39, 0.29) is 5.38 Å². The molecule has 0 saturated heterocycles. The van der Waals surface area contributed by atoms with Crippen molar-refractivity contribution in [3.8, 4) is 0 Å². The molecule has 0 aliphatic heterocycles. The van der Waals surface area contributed by atoms with Gasteiger partial charge in [0.15, 0.2) is 0 Å². The maximum atomic E-state index is 6.24. The average molecular weight is 201 g/mol.